The molecule has 0 saturated carbocycles. The Bertz CT molecular complexity index is 535. The summed E-state index contributed by atoms with van der Waals surface area (Å²) in [5.41, 5.74) is 0. The average molecular weight is 304 g/mol. The number of halogens is 2. The third-order valence-corrected chi connectivity index (χ3v) is 5.85. The summed E-state index contributed by atoms with van der Waals surface area (Å²) in [7, 11) is -1.14. The second-order valence-electron chi connectivity index (χ2n) is 4.82. The van der Waals surface area contributed by atoms with Crippen molar-refractivity contribution in [1.29, 1.82) is 0 Å². The standard InChI is InChI=1S/C18H19F2P/c1-2-3-14-17(18(19)20)21(15-10-6-4-7-11-15)16-12-8-5-9-13-16/h4-13H,2-3,14H2,1H3. The number of benzene rings is 2. The van der Waals surface area contributed by atoms with Crippen LogP contribution in [0.1, 0.15) is 26.2 Å². The minimum atomic E-state index is -1.51. The van der Waals surface area contributed by atoms with Gasteiger partial charge in [0.2, 0.25) is 0 Å². The Morgan fingerprint density at radius 1 is 0.857 bits per heavy atom. The highest BCUT2D eigenvalue weighted by Gasteiger charge is 2.22. The van der Waals surface area contributed by atoms with Crippen LogP contribution in [0.25, 0.3) is 0 Å². The van der Waals surface area contributed by atoms with E-state index in [0.717, 1.165) is 23.5 Å². The molecule has 0 spiro atoms. The maximum atomic E-state index is 13.5. The first-order valence-corrected chi connectivity index (χ1v) is 8.52. The van der Waals surface area contributed by atoms with Gasteiger partial charge in [0.1, 0.15) is 0 Å². The number of rotatable bonds is 6. The first-order valence-electron chi connectivity index (χ1n) is 7.18. The van der Waals surface area contributed by atoms with Crippen LogP contribution in [0.5, 0.6) is 0 Å². The summed E-state index contributed by atoms with van der Waals surface area (Å²) in [5.74, 6) is 0. The monoisotopic (exact) mass is 304 g/mol. The molecule has 21 heavy (non-hydrogen) atoms. The Hall–Kier alpha value is -1.53. The summed E-state index contributed by atoms with van der Waals surface area (Å²) in [6, 6.07) is 19.3. The number of unbranched alkanes of at least 4 members (excludes halogenated alkanes) is 1. The summed E-state index contributed by atoms with van der Waals surface area (Å²) < 4.78 is 27.1. The van der Waals surface area contributed by atoms with Gasteiger partial charge in [0.25, 0.3) is 6.08 Å². The fourth-order valence-electron chi connectivity index (χ4n) is 2.25. The highest BCUT2D eigenvalue weighted by atomic mass is 31.1. The van der Waals surface area contributed by atoms with Crippen molar-refractivity contribution in [1.82, 2.24) is 0 Å². The molecule has 0 saturated heterocycles. The Labute approximate surface area is 126 Å². The van der Waals surface area contributed by atoms with Crippen LogP contribution in [0.3, 0.4) is 0 Å². The van der Waals surface area contributed by atoms with Crippen LogP contribution in [0.2, 0.25) is 0 Å². The smallest absolute Gasteiger partial charge is 0.173 e. The summed E-state index contributed by atoms with van der Waals surface area (Å²) in [5, 5.41) is 2.28. The SMILES string of the molecule is CCCCC(=C(F)F)P(c1ccccc1)c1ccccc1. The van der Waals surface area contributed by atoms with Gasteiger partial charge >= 0.3 is 0 Å². The topological polar surface area (TPSA) is 0 Å². The van der Waals surface area contributed by atoms with Crippen LogP contribution < -0.4 is 10.6 Å². The molecule has 0 aliphatic heterocycles. The molecule has 2 aromatic rings. The first-order chi connectivity index (χ1) is 10.2. The van der Waals surface area contributed by atoms with Crippen molar-refractivity contribution in [2.24, 2.45) is 0 Å². The minimum Gasteiger partial charge on any atom is -0.173 e. The molecule has 0 bridgehead atoms. The van der Waals surface area contributed by atoms with Crippen LogP contribution in [-0.4, -0.2) is 0 Å². The lowest BCUT2D eigenvalue weighted by Gasteiger charge is -2.21. The Kier molecular flexibility index (Phi) is 6.07. The van der Waals surface area contributed by atoms with E-state index in [2.05, 4.69) is 0 Å². The van der Waals surface area contributed by atoms with E-state index in [1.54, 1.807) is 0 Å². The lowest BCUT2D eigenvalue weighted by molar-refractivity contribution is 0.413. The van der Waals surface area contributed by atoms with Crippen LogP contribution in [0.15, 0.2) is 72.1 Å². The van der Waals surface area contributed by atoms with Crippen LogP contribution in [0.4, 0.5) is 8.78 Å². The normalized spacial score (nSPS) is 10.7. The molecule has 0 heterocycles. The van der Waals surface area contributed by atoms with Gasteiger partial charge in [-0.3, -0.25) is 0 Å². The molecule has 0 radical (unpaired) electrons. The average Bonchev–Trinajstić information content (AvgIpc) is 2.53. The van der Waals surface area contributed by atoms with Crippen LogP contribution in [-0.2, 0) is 0 Å². The second kappa shape index (κ2) is 8.05. The molecule has 2 rings (SSSR count). The van der Waals surface area contributed by atoms with E-state index in [-0.39, 0.29) is 0 Å². The van der Waals surface area contributed by atoms with Gasteiger partial charge in [-0.05, 0) is 31.4 Å². The van der Waals surface area contributed by atoms with E-state index >= 15 is 0 Å². The second-order valence-corrected chi connectivity index (χ2v) is 7.06. The third-order valence-electron chi connectivity index (χ3n) is 3.28. The molecule has 0 aliphatic rings. The molecule has 0 fully saturated rings. The van der Waals surface area contributed by atoms with Crippen molar-refractivity contribution in [3.63, 3.8) is 0 Å². The maximum Gasteiger partial charge on any atom is 0.274 e. The van der Waals surface area contributed by atoms with E-state index in [1.165, 1.54) is 0 Å². The lowest BCUT2D eigenvalue weighted by atomic mass is 10.2. The summed E-state index contributed by atoms with van der Waals surface area (Å²) >= 11 is 0. The summed E-state index contributed by atoms with van der Waals surface area (Å²) in [6.07, 6.45) is 0.672. The largest absolute Gasteiger partial charge is 0.274 e. The van der Waals surface area contributed by atoms with E-state index in [4.69, 9.17) is 0 Å². The molecule has 0 nitrogen and oxygen atoms in total. The Morgan fingerprint density at radius 2 is 1.33 bits per heavy atom. The van der Waals surface area contributed by atoms with Gasteiger partial charge in [0.15, 0.2) is 0 Å². The zero-order chi connectivity index (χ0) is 15.1. The van der Waals surface area contributed by atoms with E-state index < -0.39 is 14.0 Å². The van der Waals surface area contributed by atoms with Crippen molar-refractivity contribution in [3.8, 4) is 0 Å². The van der Waals surface area contributed by atoms with E-state index in [0.29, 0.717) is 11.7 Å². The van der Waals surface area contributed by atoms with Crippen molar-refractivity contribution in [2.45, 2.75) is 26.2 Å². The molecular weight excluding hydrogens is 285 g/mol. The molecule has 0 aliphatic carbocycles. The Morgan fingerprint density at radius 3 is 1.71 bits per heavy atom. The molecule has 2 aromatic carbocycles. The molecule has 3 heteroatoms. The quantitative estimate of drug-likeness (QED) is 0.625. The third kappa shape index (κ3) is 4.22. The van der Waals surface area contributed by atoms with Gasteiger partial charge in [-0.15, -0.1) is 0 Å². The zero-order valence-corrected chi connectivity index (χ0v) is 13.0. The Balaban J connectivity index is 2.48. The van der Waals surface area contributed by atoms with Crippen molar-refractivity contribution in [2.75, 3.05) is 0 Å². The number of allylic oxidation sites excluding steroid dienone is 1. The molecular formula is C18H19F2P. The van der Waals surface area contributed by atoms with Crippen LogP contribution in [0, 0.1) is 0 Å². The van der Waals surface area contributed by atoms with Crippen LogP contribution >= 0.6 is 7.92 Å². The van der Waals surface area contributed by atoms with Gasteiger partial charge in [-0.1, -0.05) is 74.0 Å². The van der Waals surface area contributed by atoms with E-state index in [9.17, 15) is 8.78 Å². The molecule has 0 atom stereocenters. The fraction of sp³-hybridized carbons (Fsp3) is 0.222. The van der Waals surface area contributed by atoms with Crippen molar-refractivity contribution < 1.29 is 8.78 Å². The fourth-order valence-corrected chi connectivity index (χ4v) is 4.66. The maximum absolute atomic E-state index is 13.5. The highest BCUT2D eigenvalue weighted by molar-refractivity contribution is 7.76. The molecule has 0 amide bonds. The first kappa shape index (κ1) is 15.9. The van der Waals surface area contributed by atoms with Gasteiger partial charge in [-0.25, -0.2) is 0 Å². The van der Waals surface area contributed by atoms with Gasteiger partial charge in [-0.2, -0.15) is 8.78 Å². The predicted molar refractivity (Wildman–Crippen MR) is 87.8 cm³/mol. The van der Waals surface area contributed by atoms with Crippen molar-refractivity contribution >= 4 is 18.5 Å². The molecule has 110 valence electrons. The van der Waals surface area contributed by atoms with Gasteiger partial charge in [0, 0.05) is 5.31 Å². The van der Waals surface area contributed by atoms with E-state index in [1.807, 2.05) is 67.6 Å². The molecule has 0 aromatic heterocycles. The minimum absolute atomic E-state index is 0.309. The molecule has 0 unspecified atom stereocenters. The number of hydrogen-bond acceptors (Lipinski definition) is 0. The summed E-state index contributed by atoms with van der Waals surface area (Å²) in [4.78, 5) is 0. The lowest BCUT2D eigenvalue weighted by Crippen LogP contribution is -2.13. The predicted octanol–water partition coefficient (Wildman–Crippen LogP) is 5.42. The summed E-state index contributed by atoms with van der Waals surface area (Å²) in [6.45, 7) is 2.03. The molecule has 0 N–H and O–H groups in total. The van der Waals surface area contributed by atoms with Gasteiger partial charge < -0.3 is 0 Å². The number of hydrogen-bond donors (Lipinski definition) is 0. The highest BCUT2D eigenvalue weighted by Crippen LogP contribution is 2.47. The van der Waals surface area contributed by atoms with Gasteiger partial charge in [0.05, 0.1) is 0 Å². The van der Waals surface area contributed by atoms with Crippen molar-refractivity contribution in [3.05, 3.63) is 72.1 Å². The zero-order valence-electron chi connectivity index (χ0n) is 12.1.